The number of hydrogen-bond donors (Lipinski definition) is 2. The molecular formula is C18H15NO4. The van der Waals surface area contributed by atoms with Crippen molar-refractivity contribution in [1.29, 1.82) is 0 Å². The van der Waals surface area contributed by atoms with E-state index in [4.69, 9.17) is 5.11 Å². The highest BCUT2D eigenvalue weighted by molar-refractivity contribution is 6.04. The lowest BCUT2D eigenvalue weighted by Gasteiger charge is -2.08. The Balaban J connectivity index is 2.14. The van der Waals surface area contributed by atoms with Crippen LogP contribution >= 0.6 is 0 Å². The molecule has 0 unspecified atom stereocenters. The Hall–Kier alpha value is -3.08. The van der Waals surface area contributed by atoms with Crippen molar-refractivity contribution >= 4 is 22.8 Å². The van der Waals surface area contributed by atoms with E-state index in [-0.39, 0.29) is 18.1 Å². The monoisotopic (exact) mass is 309 g/mol. The molecule has 2 N–H and O–H groups in total. The standard InChI is InChI=1S/C18H15NO4/c1-11-9-15-13(10-17(21)22)3-2-4-16(15)19(11)18(23)12-5-7-14(20)8-6-12/h2-9,20H,10H2,1H3,(H,21,22). The summed E-state index contributed by atoms with van der Waals surface area (Å²) in [4.78, 5) is 23.7. The lowest BCUT2D eigenvalue weighted by Crippen LogP contribution is -2.13. The summed E-state index contributed by atoms with van der Waals surface area (Å²) in [5.74, 6) is -1.03. The highest BCUT2D eigenvalue weighted by atomic mass is 16.4. The van der Waals surface area contributed by atoms with Gasteiger partial charge in [0, 0.05) is 16.6 Å². The molecule has 5 heteroatoms. The third kappa shape index (κ3) is 2.68. The summed E-state index contributed by atoms with van der Waals surface area (Å²) in [6.07, 6.45) is -0.0891. The van der Waals surface area contributed by atoms with E-state index in [9.17, 15) is 14.7 Å². The van der Waals surface area contributed by atoms with Gasteiger partial charge >= 0.3 is 5.97 Å². The summed E-state index contributed by atoms with van der Waals surface area (Å²) in [5.41, 5.74) is 2.54. The molecule has 0 aliphatic rings. The van der Waals surface area contributed by atoms with E-state index < -0.39 is 5.97 Å². The molecule has 0 amide bonds. The summed E-state index contributed by atoms with van der Waals surface area (Å²) < 4.78 is 1.56. The van der Waals surface area contributed by atoms with Gasteiger partial charge in [-0.25, -0.2) is 0 Å². The molecule has 0 fully saturated rings. The number of fused-ring (bicyclic) bond motifs is 1. The van der Waals surface area contributed by atoms with Gasteiger partial charge in [0.15, 0.2) is 0 Å². The normalized spacial score (nSPS) is 10.8. The van der Waals surface area contributed by atoms with Crippen molar-refractivity contribution in [3.8, 4) is 5.75 Å². The van der Waals surface area contributed by atoms with Gasteiger partial charge < -0.3 is 10.2 Å². The maximum atomic E-state index is 12.8. The molecule has 0 spiro atoms. The Labute approximate surface area is 132 Å². The number of phenolic OH excluding ortho intramolecular Hbond substituents is 1. The van der Waals surface area contributed by atoms with E-state index in [0.717, 1.165) is 11.1 Å². The van der Waals surface area contributed by atoms with Crippen molar-refractivity contribution in [1.82, 2.24) is 4.57 Å². The molecular weight excluding hydrogens is 294 g/mol. The number of aromatic nitrogens is 1. The highest BCUT2D eigenvalue weighted by Gasteiger charge is 2.17. The summed E-state index contributed by atoms with van der Waals surface area (Å²) in [6.45, 7) is 1.81. The second-order valence-corrected chi connectivity index (χ2v) is 5.39. The van der Waals surface area contributed by atoms with Crippen LogP contribution in [0.1, 0.15) is 21.6 Å². The topological polar surface area (TPSA) is 79.5 Å². The van der Waals surface area contributed by atoms with Crippen LogP contribution in [0.2, 0.25) is 0 Å². The number of aliphatic carboxylic acids is 1. The summed E-state index contributed by atoms with van der Waals surface area (Å²) >= 11 is 0. The van der Waals surface area contributed by atoms with Crippen LogP contribution < -0.4 is 0 Å². The number of carboxylic acid groups (broad SMARTS) is 1. The van der Waals surface area contributed by atoms with Crippen LogP contribution in [0.25, 0.3) is 10.9 Å². The molecule has 0 saturated carbocycles. The Bertz CT molecular complexity index is 907. The molecule has 0 radical (unpaired) electrons. The molecule has 5 nitrogen and oxygen atoms in total. The van der Waals surface area contributed by atoms with E-state index in [0.29, 0.717) is 16.6 Å². The Morgan fingerprint density at radius 3 is 2.43 bits per heavy atom. The first-order valence-electron chi connectivity index (χ1n) is 7.13. The fraction of sp³-hybridized carbons (Fsp3) is 0.111. The number of rotatable bonds is 3. The van der Waals surface area contributed by atoms with Crippen molar-refractivity contribution in [3.63, 3.8) is 0 Å². The minimum Gasteiger partial charge on any atom is -0.508 e. The fourth-order valence-corrected chi connectivity index (χ4v) is 2.74. The van der Waals surface area contributed by atoms with E-state index in [1.54, 1.807) is 34.9 Å². The molecule has 3 rings (SSSR count). The van der Waals surface area contributed by atoms with Gasteiger partial charge in [0.25, 0.3) is 5.91 Å². The number of phenols is 1. The van der Waals surface area contributed by atoms with Crippen LogP contribution in [0, 0.1) is 6.92 Å². The molecule has 116 valence electrons. The van der Waals surface area contributed by atoms with Gasteiger partial charge in [-0.05, 0) is 48.9 Å². The highest BCUT2D eigenvalue weighted by Crippen LogP contribution is 2.25. The van der Waals surface area contributed by atoms with Crippen molar-refractivity contribution < 1.29 is 19.8 Å². The smallest absolute Gasteiger partial charge is 0.307 e. The van der Waals surface area contributed by atoms with Crippen LogP contribution in [0.3, 0.4) is 0 Å². The number of aromatic hydroxyl groups is 1. The van der Waals surface area contributed by atoms with Crippen LogP contribution in [-0.2, 0) is 11.2 Å². The number of hydrogen-bond acceptors (Lipinski definition) is 3. The zero-order valence-corrected chi connectivity index (χ0v) is 12.5. The predicted octanol–water partition coefficient (Wildman–Crippen LogP) is 2.97. The van der Waals surface area contributed by atoms with E-state index in [1.807, 2.05) is 13.0 Å². The minimum absolute atomic E-state index is 0.0891. The molecule has 0 aliphatic carbocycles. The zero-order chi connectivity index (χ0) is 16.6. The van der Waals surface area contributed by atoms with Crippen molar-refractivity contribution in [3.05, 3.63) is 65.4 Å². The van der Waals surface area contributed by atoms with Gasteiger partial charge in [-0.3, -0.25) is 14.2 Å². The second-order valence-electron chi connectivity index (χ2n) is 5.39. The van der Waals surface area contributed by atoms with E-state index >= 15 is 0 Å². The molecule has 0 aliphatic heterocycles. The molecule has 23 heavy (non-hydrogen) atoms. The second kappa shape index (κ2) is 5.61. The molecule has 2 aromatic carbocycles. The van der Waals surface area contributed by atoms with Crippen molar-refractivity contribution in [2.75, 3.05) is 0 Å². The fourth-order valence-electron chi connectivity index (χ4n) is 2.74. The maximum Gasteiger partial charge on any atom is 0.307 e. The number of carbonyl (C=O) groups excluding carboxylic acids is 1. The lowest BCUT2D eigenvalue weighted by molar-refractivity contribution is -0.136. The van der Waals surface area contributed by atoms with Gasteiger partial charge in [0.2, 0.25) is 0 Å². The van der Waals surface area contributed by atoms with Crippen molar-refractivity contribution in [2.24, 2.45) is 0 Å². The average molecular weight is 309 g/mol. The SMILES string of the molecule is Cc1cc2c(CC(=O)O)cccc2n1C(=O)c1ccc(O)cc1. The van der Waals surface area contributed by atoms with Crippen LogP contribution in [0.5, 0.6) is 5.75 Å². The molecule has 0 bridgehead atoms. The van der Waals surface area contributed by atoms with Gasteiger partial charge in [-0.2, -0.15) is 0 Å². The predicted molar refractivity (Wildman–Crippen MR) is 85.9 cm³/mol. The minimum atomic E-state index is -0.909. The third-order valence-electron chi connectivity index (χ3n) is 3.78. The maximum absolute atomic E-state index is 12.8. The largest absolute Gasteiger partial charge is 0.508 e. The summed E-state index contributed by atoms with van der Waals surface area (Å²) in [6, 6.07) is 13.2. The van der Waals surface area contributed by atoms with Crippen LogP contribution in [0.15, 0.2) is 48.5 Å². The van der Waals surface area contributed by atoms with Gasteiger partial charge in [-0.1, -0.05) is 12.1 Å². The summed E-state index contributed by atoms with van der Waals surface area (Å²) in [5, 5.41) is 19.1. The first-order chi connectivity index (χ1) is 11.0. The molecule has 1 aromatic heterocycles. The Kier molecular flexibility index (Phi) is 3.62. The Morgan fingerprint density at radius 1 is 1.09 bits per heavy atom. The first-order valence-corrected chi connectivity index (χ1v) is 7.13. The van der Waals surface area contributed by atoms with Gasteiger partial charge in [0.1, 0.15) is 5.75 Å². The molecule has 1 heterocycles. The zero-order valence-electron chi connectivity index (χ0n) is 12.5. The number of nitrogens with zero attached hydrogens (tertiary/aromatic N) is 1. The quantitative estimate of drug-likeness (QED) is 0.779. The number of aryl methyl sites for hydroxylation is 1. The number of benzene rings is 2. The van der Waals surface area contributed by atoms with E-state index in [2.05, 4.69) is 0 Å². The molecule has 0 saturated heterocycles. The number of carbonyl (C=O) groups is 2. The van der Waals surface area contributed by atoms with Gasteiger partial charge in [-0.15, -0.1) is 0 Å². The Morgan fingerprint density at radius 2 is 1.78 bits per heavy atom. The van der Waals surface area contributed by atoms with Gasteiger partial charge in [0.05, 0.1) is 11.9 Å². The van der Waals surface area contributed by atoms with Crippen molar-refractivity contribution in [2.45, 2.75) is 13.3 Å². The van der Waals surface area contributed by atoms with E-state index in [1.165, 1.54) is 12.1 Å². The molecule has 3 aromatic rings. The first kappa shape index (κ1) is 14.8. The summed E-state index contributed by atoms with van der Waals surface area (Å²) in [7, 11) is 0. The van der Waals surface area contributed by atoms with Crippen LogP contribution in [0.4, 0.5) is 0 Å². The third-order valence-corrected chi connectivity index (χ3v) is 3.78. The lowest BCUT2D eigenvalue weighted by atomic mass is 10.1. The number of carboxylic acids is 1. The average Bonchev–Trinajstić information content (AvgIpc) is 2.84. The van der Waals surface area contributed by atoms with Crippen LogP contribution in [-0.4, -0.2) is 26.7 Å². The molecule has 0 atom stereocenters.